The largest absolute Gasteiger partial charge is 0.480 e. The van der Waals surface area contributed by atoms with Crippen LogP contribution in [0, 0.1) is 24.2 Å². The van der Waals surface area contributed by atoms with Crippen LogP contribution in [0.5, 0.6) is 0 Å². The van der Waals surface area contributed by atoms with E-state index < -0.39 is 17.9 Å². The van der Waals surface area contributed by atoms with Crippen LogP contribution in [-0.2, 0) is 11.3 Å². The van der Waals surface area contributed by atoms with Crippen LogP contribution >= 0.6 is 0 Å². The van der Waals surface area contributed by atoms with E-state index in [2.05, 4.69) is 23.3 Å². The third kappa shape index (κ3) is 7.66. The molecule has 35 heavy (non-hydrogen) atoms. The van der Waals surface area contributed by atoms with Crippen molar-refractivity contribution in [3.63, 3.8) is 0 Å². The SMILES string of the molecule is Cc1ccccc1-c1cc(CN(C)CCC2CCCCC2)ccc1C(=O)N[C@@H](CCC#N)C(=O)O. The highest BCUT2D eigenvalue weighted by Gasteiger charge is 2.23. The van der Waals surface area contributed by atoms with Gasteiger partial charge in [-0.3, -0.25) is 4.79 Å². The third-order valence-corrected chi connectivity index (χ3v) is 7.01. The summed E-state index contributed by atoms with van der Waals surface area (Å²) in [7, 11) is 2.14. The molecule has 2 aromatic rings. The van der Waals surface area contributed by atoms with Crippen LogP contribution in [0.25, 0.3) is 11.1 Å². The number of aliphatic carboxylic acids is 1. The lowest BCUT2D eigenvalue weighted by Gasteiger charge is -2.25. The Morgan fingerprint density at radius 3 is 2.57 bits per heavy atom. The minimum Gasteiger partial charge on any atom is -0.480 e. The van der Waals surface area contributed by atoms with Crippen molar-refractivity contribution in [2.75, 3.05) is 13.6 Å². The predicted octanol–water partition coefficient (Wildman–Crippen LogP) is 5.55. The first-order valence-electron chi connectivity index (χ1n) is 12.7. The van der Waals surface area contributed by atoms with Gasteiger partial charge in [-0.1, -0.05) is 62.4 Å². The molecule has 0 aromatic heterocycles. The Bertz CT molecular complexity index is 1050. The smallest absolute Gasteiger partial charge is 0.326 e. The average molecular weight is 476 g/mol. The molecule has 186 valence electrons. The predicted molar refractivity (Wildman–Crippen MR) is 138 cm³/mol. The van der Waals surface area contributed by atoms with E-state index in [1.165, 1.54) is 38.5 Å². The van der Waals surface area contributed by atoms with Crippen molar-refractivity contribution in [3.05, 3.63) is 59.2 Å². The van der Waals surface area contributed by atoms with Gasteiger partial charge in [0.15, 0.2) is 0 Å². The Kier molecular flexibility index (Phi) is 9.86. The molecule has 1 fully saturated rings. The van der Waals surface area contributed by atoms with E-state index in [1.807, 2.05) is 43.3 Å². The fraction of sp³-hybridized carbons (Fsp3) is 0.483. The zero-order chi connectivity index (χ0) is 25.2. The first kappa shape index (κ1) is 26.4. The third-order valence-electron chi connectivity index (χ3n) is 7.01. The van der Waals surface area contributed by atoms with Gasteiger partial charge in [0, 0.05) is 18.5 Å². The van der Waals surface area contributed by atoms with Crippen molar-refractivity contribution in [3.8, 4) is 17.2 Å². The molecular formula is C29H37N3O3. The van der Waals surface area contributed by atoms with Gasteiger partial charge in [0.2, 0.25) is 0 Å². The van der Waals surface area contributed by atoms with Gasteiger partial charge >= 0.3 is 5.97 Å². The number of benzene rings is 2. The Hall–Kier alpha value is -3.17. The fourth-order valence-corrected chi connectivity index (χ4v) is 4.96. The molecule has 1 atom stereocenters. The second-order valence-electron chi connectivity index (χ2n) is 9.79. The molecule has 0 spiro atoms. The summed E-state index contributed by atoms with van der Waals surface area (Å²) in [4.78, 5) is 27.1. The van der Waals surface area contributed by atoms with Crippen molar-refractivity contribution in [2.24, 2.45) is 5.92 Å². The molecule has 1 amide bonds. The molecule has 0 bridgehead atoms. The van der Waals surface area contributed by atoms with Crippen LogP contribution in [0.2, 0.25) is 0 Å². The van der Waals surface area contributed by atoms with Crippen LogP contribution in [0.1, 0.15) is 72.9 Å². The van der Waals surface area contributed by atoms with Crippen LogP contribution in [-0.4, -0.2) is 41.5 Å². The van der Waals surface area contributed by atoms with Gasteiger partial charge in [0.05, 0.1) is 6.07 Å². The molecule has 2 aromatic carbocycles. The van der Waals surface area contributed by atoms with Crippen LogP contribution in [0.4, 0.5) is 0 Å². The number of carboxylic acids is 1. The monoisotopic (exact) mass is 475 g/mol. The van der Waals surface area contributed by atoms with E-state index in [0.717, 1.165) is 41.3 Å². The summed E-state index contributed by atoms with van der Waals surface area (Å²) in [5.41, 5.74) is 4.35. The van der Waals surface area contributed by atoms with Gasteiger partial charge in [-0.05, 0) is 73.7 Å². The summed E-state index contributed by atoms with van der Waals surface area (Å²) in [6, 6.07) is 14.6. The Labute approximate surface area is 209 Å². The first-order valence-corrected chi connectivity index (χ1v) is 12.7. The molecule has 0 unspecified atom stereocenters. The number of hydrogen-bond acceptors (Lipinski definition) is 4. The summed E-state index contributed by atoms with van der Waals surface area (Å²) >= 11 is 0. The van der Waals surface area contributed by atoms with Gasteiger partial charge in [-0.2, -0.15) is 5.26 Å². The summed E-state index contributed by atoms with van der Waals surface area (Å²) in [6.45, 7) is 3.84. The zero-order valence-corrected chi connectivity index (χ0v) is 20.9. The molecular weight excluding hydrogens is 438 g/mol. The van der Waals surface area contributed by atoms with Crippen molar-refractivity contribution in [2.45, 2.75) is 70.9 Å². The Morgan fingerprint density at radius 2 is 1.89 bits per heavy atom. The number of nitrogens with one attached hydrogen (secondary N) is 1. The maximum absolute atomic E-state index is 13.2. The molecule has 1 aliphatic carbocycles. The van der Waals surface area contributed by atoms with Crippen molar-refractivity contribution in [1.82, 2.24) is 10.2 Å². The Balaban J connectivity index is 1.80. The minimum atomic E-state index is -1.14. The molecule has 1 saturated carbocycles. The molecule has 0 saturated heterocycles. The molecule has 2 N–H and O–H groups in total. The molecule has 0 radical (unpaired) electrons. The van der Waals surface area contributed by atoms with E-state index >= 15 is 0 Å². The number of carbonyl (C=O) groups excluding carboxylic acids is 1. The van der Waals surface area contributed by atoms with Gasteiger partial charge in [0.25, 0.3) is 5.91 Å². The van der Waals surface area contributed by atoms with Gasteiger partial charge in [-0.25, -0.2) is 4.79 Å². The summed E-state index contributed by atoms with van der Waals surface area (Å²) in [5, 5.41) is 20.9. The molecule has 3 rings (SSSR count). The maximum Gasteiger partial charge on any atom is 0.326 e. The summed E-state index contributed by atoms with van der Waals surface area (Å²) in [6.07, 6.45) is 8.14. The standard InChI is InChI=1S/C29H37N3O3/c1-21-9-6-7-12-24(21)26-19-23(20-32(2)18-16-22-10-4-3-5-11-22)14-15-25(26)28(33)31-27(29(34)35)13-8-17-30/h6-7,9,12,14-15,19,22,27H,3-5,8,10-11,13,16,18,20H2,1-2H3,(H,31,33)(H,34,35)/t27-/m0/s1. The lowest BCUT2D eigenvalue weighted by atomic mass is 9.87. The molecule has 6 heteroatoms. The topological polar surface area (TPSA) is 93.4 Å². The molecule has 0 aliphatic heterocycles. The summed E-state index contributed by atoms with van der Waals surface area (Å²) in [5.74, 6) is -0.740. The van der Waals surface area contributed by atoms with Gasteiger partial charge in [0.1, 0.15) is 6.04 Å². The van der Waals surface area contributed by atoms with Gasteiger partial charge < -0.3 is 15.3 Å². The van der Waals surface area contributed by atoms with Crippen LogP contribution in [0.3, 0.4) is 0 Å². The van der Waals surface area contributed by atoms with E-state index in [4.69, 9.17) is 5.26 Å². The second-order valence-corrected chi connectivity index (χ2v) is 9.79. The number of amides is 1. The van der Waals surface area contributed by atoms with E-state index in [9.17, 15) is 14.7 Å². The van der Waals surface area contributed by atoms with E-state index in [-0.39, 0.29) is 12.8 Å². The minimum absolute atomic E-state index is 0.0635. The number of nitrogens with zero attached hydrogens (tertiary/aromatic N) is 2. The number of carbonyl (C=O) groups is 2. The maximum atomic E-state index is 13.2. The van der Waals surface area contributed by atoms with Crippen LogP contribution in [0.15, 0.2) is 42.5 Å². The number of carboxylic acid groups (broad SMARTS) is 1. The van der Waals surface area contributed by atoms with E-state index in [0.29, 0.717) is 5.56 Å². The number of aryl methyl sites for hydroxylation is 1. The van der Waals surface area contributed by atoms with Crippen LogP contribution < -0.4 is 5.32 Å². The first-order chi connectivity index (χ1) is 16.9. The zero-order valence-electron chi connectivity index (χ0n) is 20.9. The molecule has 0 heterocycles. The second kappa shape index (κ2) is 13.1. The van der Waals surface area contributed by atoms with Crippen molar-refractivity contribution < 1.29 is 14.7 Å². The number of hydrogen-bond donors (Lipinski definition) is 2. The highest BCUT2D eigenvalue weighted by atomic mass is 16.4. The number of rotatable bonds is 11. The Morgan fingerprint density at radius 1 is 1.14 bits per heavy atom. The highest BCUT2D eigenvalue weighted by Crippen LogP contribution is 2.29. The number of nitriles is 1. The normalized spacial score (nSPS) is 14.9. The highest BCUT2D eigenvalue weighted by molar-refractivity contribution is 6.02. The lowest BCUT2D eigenvalue weighted by molar-refractivity contribution is -0.139. The van der Waals surface area contributed by atoms with E-state index in [1.54, 1.807) is 6.07 Å². The van der Waals surface area contributed by atoms with Crippen molar-refractivity contribution >= 4 is 11.9 Å². The fourth-order valence-electron chi connectivity index (χ4n) is 4.96. The summed E-state index contributed by atoms with van der Waals surface area (Å²) < 4.78 is 0. The quantitative estimate of drug-likeness (QED) is 0.444. The van der Waals surface area contributed by atoms with Crippen molar-refractivity contribution in [1.29, 1.82) is 5.26 Å². The molecule has 1 aliphatic rings. The van der Waals surface area contributed by atoms with Gasteiger partial charge in [-0.15, -0.1) is 0 Å². The molecule has 6 nitrogen and oxygen atoms in total. The average Bonchev–Trinajstić information content (AvgIpc) is 2.86. The lowest BCUT2D eigenvalue weighted by Crippen LogP contribution is -2.40.